The number of hydrogen-bond acceptors (Lipinski definition) is 5. The highest BCUT2D eigenvalue weighted by atomic mass is 16.5. The third-order valence-corrected chi connectivity index (χ3v) is 7.07. The Hall–Kier alpha value is -4.00. The van der Waals surface area contributed by atoms with E-state index in [1.807, 2.05) is 42.6 Å². The summed E-state index contributed by atoms with van der Waals surface area (Å²) >= 11 is 0. The van der Waals surface area contributed by atoms with Crippen molar-refractivity contribution < 1.29 is 19.4 Å². The number of carboxylic acids is 1. The average molecular weight is 484 g/mol. The van der Waals surface area contributed by atoms with Crippen molar-refractivity contribution in [1.82, 2.24) is 9.55 Å². The molecule has 0 saturated carbocycles. The molecule has 2 N–H and O–H groups in total. The number of benzene rings is 2. The molecule has 0 radical (unpaired) electrons. The topological polar surface area (TPSA) is 85.6 Å². The minimum absolute atomic E-state index is 0.00428. The Balaban J connectivity index is 1.19. The molecule has 0 spiro atoms. The van der Waals surface area contributed by atoms with E-state index in [2.05, 4.69) is 28.1 Å². The van der Waals surface area contributed by atoms with Crippen molar-refractivity contribution in [2.45, 2.75) is 38.1 Å². The lowest BCUT2D eigenvalue weighted by Crippen LogP contribution is -2.14. The molecule has 2 aromatic heterocycles. The van der Waals surface area contributed by atoms with Crippen molar-refractivity contribution in [3.8, 4) is 11.5 Å². The van der Waals surface area contributed by atoms with Crippen molar-refractivity contribution >= 4 is 22.7 Å². The maximum Gasteiger partial charge on any atom is 0.305 e. The van der Waals surface area contributed by atoms with Crippen LogP contribution in [0.1, 0.15) is 41.3 Å². The van der Waals surface area contributed by atoms with Crippen molar-refractivity contribution in [3.05, 3.63) is 83.2 Å². The van der Waals surface area contributed by atoms with Gasteiger partial charge in [0.2, 0.25) is 0 Å². The second-order valence-corrected chi connectivity index (χ2v) is 9.46. The highest BCUT2D eigenvalue weighted by Crippen LogP contribution is 2.34. The smallest absolute Gasteiger partial charge is 0.305 e. The molecule has 1 atom stereocenters. The van der Waals surface area contributed by atoms with Gasteiger partial charge in [-0.3, -0.25) is 4.79 Å². The number of hydrogen-bond donors (Lipinski definition) is 2. The number of nitrogens with zero attached hydrogens (tertiary/aromatic N) is 2. The Bertz CT molecular complexity index is 1430. The van der Waals surface area contributed by atoms with Gasteiger partial charge in [0.05, 0.1) is 25.7 Å². The van der Waals surface area contributed by atoms with E-state index in [9.17, 15) is 9.90 Å². The summed E-state index contributed by atoms with van der Waals surface area (Å²) in [5.41, 5.74) is 5.40. The van der Waals surface area contributed by atoms with Gasteiger partial charge in [0.1, 0.15) is 17.3 Å². The number of aryl methyl sites for hydroxylation is 1. The number of carbonyl (C=O) groups is 1. The van der Waals surface area contributed by atoms with E-state index in [0.29, 0.717) is 13.2 Å². The van der Waals surface area contributed by atoms with Gasteiger partial charge in [0, 0.05) is 42.2 Å². The number of aromatic nitrogens is 2. The largest absolute Gasteiger partial charge is 0.493 e. The van der Waals surface area contributed by atoms with Crippen LogP contribution in [0.2, 0.25) is 0 Å². The highest BCUT2D eigenvalue weighted by Gasteiger charge is 2.22. The second kappa shape index (κ2) is 9.57. The van der Waals surface area contributed by atoms with Crippen LogP contribution < -0.4 is 14.8 Å². The Labute approximate surface area is 209 Å². The number of ether oxygens (including phenoxy) is 2. The molecule has 1 unspecified atom stereocenters. The first-order valence-corrected chi connectivity index (χ1v) is 12.6. The lowest BCUT2D eigenvalue weighted by molar-refractivity contribution is -0.137. The normalized spacial score (nSPS) is 15.0. The molecule has 4 heterocycles. The molecule has 184 valence electrons. The number of pyridine rings is 1. The second-order valence-electron chi connectivity index (χ2n) is 9.46. The molecule has 7 heteroatoms. The summed E-state index contributed by atoms with van der Waals surface area (Å²) in [7, 11) is 0. The predicted octanol–water partition coefficient (Wildman–Crippen LogP) is 5.01. The lowest BCUT2D eigenvalue weighted by atomic mass is 9.99. The minimum atomic E-state index is -0.829. The first-order valence-electron chi connectivity index (χ1n) is 12.6. The third kappa shape index (κ3) is 4.49. The van der Waals surface area contributed by atoms with Crippen molar-refractivity contribution in [1.29, 1.82) is 0 Å². The highest BCUT2D eigenvalue weighted by molar-refractivity contribution is 5.82. The van der Waals surface area contributed by atoms with Crippen LogP contribution in [0.4, 0.5) is 5.82 Å². The molecule has 2 aromatic carbocycles. The van der Waals surface area contributed by atoms with E-state index in [1.165, 1.54) is 5.56 Å². The van der Waals surface area contributed by atoms with Crippen LogP contribution in [0.3, 0.4) is 0 Å². The molecule has 2 aliphatic rings. The van der Waals surface area contributed by atoms with Gasteiger partial charge in [-0.25, -0.2) is 4.98 Å². The molecular weight excluding hydrogens is 454 g/mol. The van der Waals surface area contributed by atoms with Gasteiger partial charge in [-0.05, 0) is 72.0 Å². The molecule has 0 amide bonds. The van der Waals surface area contributed by atoms with E-state index in [0.717, 1.165) is 77.3 Å². The first-order chi connectivity index (χ1) is 17.6. The summed E-state index contributed by atoms with van der Waals surface area (Å²) < 4.78 is 13.7. The van der Waals surface area contributed by atoms with Gasteiger partial charge < -0.3 is 24.5 Å². The quantitative estimate of drug-likeness (QED) is 0.366. The van der Waals surface area contributed by atoms with Crippen molar-refractivity contribution in [2.75, 3.05) is 25.1 Å². The maximum absolute atomic E-state index is 11.7. The minimum Gasteiger partial charge on any atom is -0.493 e. The van der Waals surface area contributed by atoms with Crippen molar-refractivity contribution in [3.63, 3.8) is 0 Å². The van der Waals surface area contributed by atoms with Crippen molar-refractivity contribution in [2.24, 2.45) is 0 Å². The maximum atomic E-state index is 11.7. The van der Waals surface area contributed by atoms with Crippen LogP contribution in [0.15, 0.2) is 60.8 Å². The third-order valence-electron chi connectivity index (χ3n) is 7.07. The average Bonchev–Trinajstić information content (AvgIpc) is 3.53. The summed E-state index contributed by atoms with van der Waals surface area (Å²) in [5, 5.41) is 14.0. The molecule has 6 rings (SSSR count). The SMILES string of the molecule is O=C(O)CC(c1ccc2c(c1)CCO2)n1ccc2cc(OCCc3ccc4c(n3)NCCC4)ccc21. The summed E-state index contributed by atoms with van der Waals surface area (Å²) in [6.45, 7) is 2.20. The fourth-order valence-corrected chi connectivity index (χ4v) is 5.24. The van der Waals surface area contributed by atoms with Gasteiger partial charge in [0.25, 0.3) is 0 Å². The van der Waals surface area contributed by atoms with E-state index in [1.54, 1.807) is 0 Å². The van der Waals surface area contributed by atoms with Crippen LogP contribution in [-0.2, 0) is 24.1 Å². The van der Waals surface area contributed by atoms with Gasteiger partial charge in [-0.2, -0.15) is 0 Å². The van der Waals surface area contributed by atoms with Crippen LogP contribution in [0, 0.1) is 0 Å². The van der Waals surface area contributed by atoms with Crippen LogP contribution in [0.5, 0.6) is 11.5 Å². The van der Waals surface area contributed by atoms with E-state index in [-0.39, 0.29) is 12.5 Å². The van der Waals surface area contributed by atoms with Crippen LogP contribution in [-0.4, -0.2) is 40.4 Å². The zero-order valence-electron chi connectivity index (χ0n) is 20.1. The van der Waals surface area contributed by atoms with E-state index < -0.39 is 5.97 Å². The summed E-state index contributed by atoms with van der Waals surface area (Å²) in [4.78, 5) is 16.5. The molecular formula is C29H29N3O4. The molecule has 0 aliphatic carbocycles. The van der Waals surface area contributed by atoms with Crippen LogP contribution >= 0.6 is 0 Å². The van der Waals surface area contributed by atoms with Crippen LogP contribution in [0.25, 0.3) is 10.9 Å². The predicted molar refractivity (Wildman–Crippen MR) is 138 cm³/mol. The standard InChI is InChI=1S/C29H29N3O4/c33-28(34)18-26(20-4-8-27-22(16-20)10-14-36-27)32-13-9-21-17-24(6-7-25(21)32)35-15-11-23-5-3-19-2-1-12-30-29(19)31-23/h3-9,13,16-17,26H,1-2,10-12,14-15,18H2,(H,30,31)(H,33,34). The number of aliphatic carboxylic acids is 1. The molecule has 36 heavy (non-hydrogen) atoms. The van der Waals surface area contributed by atoms with E-state index >= 15 is 0 Å². The van der Waals surface area contributed by atoms with E-state index in [4.69, 9.17) is 14.5 Å². The zero-order valence-corrected chi connectivity index (χ0v) is 20.1. The molecule has 4 aromatic rings. The molecule has 7 nitrogen and oxygen atoms in total. The molecule has 2 aliphatic heterocycles. The number of carboxylic acid groups (broad SMARTS) is 1. The summed E-state index contributed by atoms with van der Waals surface area (Å²) in [6.07, 6.45) is 5.80. The Morgan fingerprint density at radius 1 is 1.11 bits per heavy atom. The molecule has 0 bridgehead atoms. The van der Waals surface area contributed by atoms with Gasteiger partial charge in [-0.1, -0.05) is 12.1 Å². The number of fused-ring (bicyclic) bond motifs is 3. The lowest BCUT2D eigenvalue weighted by Gasteiger charge is -2.20. The summed E-state index contributed by atoms with van der Waals surface area (Å²) in [6, 6.07) is 18.0. The molecule has 0 saturated heterocycles. The van der Waals surface area contributed by atoms with Gasteiger partial charge >= 0.3 is 5.97 Å². The first kappa shape index (κ1) is 22.5. The number of rotatable bonds is 8. The Kier molecular flexibility index (Phi) is 5.97. The van der Waals surface area contributed by atoms with Gasteiger partial charge in [-0.15, -0.1) is 0 Å². The van der Waals surface area contributed by atoms with Gasteiger partial charge in [0.15, 0.2) is 0 Å². The Morgan fingerprint density at radius 3 is 2.97 bits per heavy atom. The summed E-state index contributed by atoms with van der Waals surface area (Å²) in [5.74, 6) is 1.87. The zero-order chi connectivity index (χ0) is 24.5. The monoisotopic (exact) mass is 483 g/mol. The fourth-order valence-electron chi connectivity index (χ4n) is 5.24. The number of nitrogens with one attached hydrogen (secondary N) is 1. The number of anilines is 1. The Morgan fingerprint density at radius 2 is 2.06 bits per heavy atom. The molecule has 0 fully saturated rings. The fraction of sp³-hybridized carbons (Fsp3) is 0.310.